The highest BCUT2D eigenvalue weighted by Crippen LogP contribution is 2.35. The lowest BCUT2D eigenvalue weighted by Gasteiger charge is -2.21. The molecular weight excluding hydrogens is 346 g/mol. The van der Waals surface area contributed by atoms with Gasteiger partial charge in [-0.05, 0) is 26.7 Å². The van der Waals surface area contributed by atoms with Crippen LogP contribution in [0.3, 0.4) is 0 Å². The first kappa shape index (κ1) is 17.2. The number of benzene rings is 1. The Balaban J connectivity index is 1.59. The minimum Gasteiger partial charge on any atom is -0.510 e. The van der Waals surface area contributed by atoms with Crippen molar-refractivity contribution >= 4 is 22.7 Å². The van der Waals surface area contributed by atoms with Crippen molar-refractivity contribution < 1.29 is 9.84 Å². The topological polar surface area (TPSA) is 69.4 Å². The molecule has 26 heavy (non-hydrogen) atoms. The lowest BCUT2D eigenvalue weighted by atomic mass is 10.1. The van der Waals surface area contributed by atoms with Gasteiger partial charge in [0.05, 0.1) is 23.9 Å². The number of aliphatic hydroxyl groups is 1. The maximum absolute atomic E-state index is 10.5. The highest BCUT2D eigenvalue weighted by atomic mass is 32.1. The number of thiazole rings is 1. The molecule has 0 spiro atoms. The molecule has 0 saturated carbocycles. The molecular formula is C20H23N3O2S. The largest absolute Gasteiger partial charge is 0.510 e. The molecule has 1 aromatic carbocycles. The molecule has 1 saturated heterocycles. The fourth-order valence-electron chi connectivity index (χ4n) is 3.53. The summed E-state index contributed by atoms with van der Waals surface area (Å²) in [5.74, 6) is 0.583. The van der Waals surface area contributed by atoms with Crippen LogP contribution in [0, 0.1) is 19.3 Å². The van der Waals surface area contributed by atoms with E-state index in [9.17, 15) is 5.11 Å². The van der Waals surface area contributed by atoms with E-state index in [-0.39, 0.29) is 11.9 Å². The predicted octanol–water partition coefficient (Wildman–Crippen LogP) is 4.17. The molecule has 0 aliphatic carbocycles. The van der Waals surface area contributed by atoms with Gasteiger partial charge in [0.1, 0.15) is 16.6 Å². The molecule has 0 bridgehead atoms. The first-order chi connectivity index (χ1) is 12.5. The standard InChI is InChI=1S/C20H23N3O2S/c1-12-5-7-14(8-6-12)18-13(2)26-20(22-18)17-16(24)11-23(19(17)21)10-15-4-3-9-25-15/h5-8,15,21,24H,3-4,9-11H2,1-2H3. The zero-order valence-electron chi connectivity index (χ0n) is 15.1. The van der Waals surface area contributed by atoms with Gasteiger partial charge < -0.3 is 14.7 Å². The Bertz CT molecular complexity index is 864. The van der Waals surface area contributed by atoms with Crippen LogP contribution < -0.4 is 0 Å². The number of nitrogens with zero attached hydrogens (tertiary/aromatic N) is 2. The van der Waals surface area contributed by atoms with Crippen molar-refractivity contribution in [2.24, 2.45) is 0 Å². The smallest absolute Gasteiger partial charge is 0.135 e. The lowest BCUT2D eigenvalue weighted by Crippen LogP contribution is -2.34. The second kappa shape index (κ2) is 6.85. The summed E-state index contributed by atoms with van der Waals surface area (Å²) >= 11 is 1.54. The summed E-state index contributed by atoms with van der Waals surface area (Å²) in [5.41, 5.74) is 3.77. The van der Waals surface area contributed by atoms with Crippen LogP contribution in [0.1, 0.15) is 28.3 Å². The second-order valence-corrected chi connectivity index (χ2v) is 8.18. The molecule has 6 heteroatoms. The molecule has 136 valence electrons. The second-order valence-electron chi connectivity index (χ2n) is 6.98. The van der Waals surface area contributed by atoms with Crippen molar-refractivity contribution in [1.82, 2.24) is 9.88 Å². The highest BCUT2D eigenvalue weighted by Gasteiger charge is 2.33. The number of nitrogens with one attached hydrogen (secondary N) is 1. The Morgan fingerprint density at radius 1 is 1.31 bits per heavy atom. The minimum absolute atomic E-state index is 0.156. The molecule has 1 unspecified atom stereocenters. The van der Waals surface area contributed by atoms with Gasteiger partial charge in [0, 0.05) is 23.6 Å². The van der Waals surface area contributed by atoms with Gasteiger partial charge in [-0.15, -0.1) is 11.3 Å². The normalized spacial score (nSPS) is 20.5. The number of amidine groups is 1. The van der Waals surface area contributed by atoms with E-state index in [0.717, 1.165) is 40.6 Å². The van der Waals surface area contributed by atoms with Gasteiger partial charge in [-0.1, -0.05) is 29.8 Å². The van der Waals surface area contributed by atoms with Crippen LogP contribution in [0.15, 0.2) is 30.0 Å². The lowest BCUT2D eigenvalue weighted by molar-refractivity contribution is 0.0924. The van der Waals surface area contributed by atoms with Crippen molar-refractivity contribution in [3.63, 3.8) is 0 Å². The van der Waals surface area contributed by atoms with Gasteiger partial charge in [0.2, 0.25) is 0 Å². The van der Waals surface area contributed by atoms with Gasteiger partial charge in [-0.25, -0.2) is 4.98 Å². The van der Waals surface area contributed by atoms with Crippen LogP contribution in [-0.4, -0.2) is 46.6 Å². The molecule has 2 aromatic rings. The van der Waals surface area contributed by atoms with Crippen molar-refractivity contribution in [1.29, 1.82) is 5.41 Å². The molecule has 0 amide bonds. The Morgan fingerprint density at radius 2 is 2.08 bits per heavy atom. The number of rotatable bonds is 4. The fourth-order valence-corrected chi connectivity index (χ4v) is 4.53. The van der Waals surface area contributed by atoms with Crippen LogP contribution >= 0.6 is 11.3 Å². The van der Waals surface area contributed by atoms with Crippen molar-refractivity contribution in [2.75, 3.05) is 19.7 Å². The molecule has 2 aliphatic rings. The quantitative estimate of drug-likeness (QED) is 0.849. The van der Waals surface area contributed by atoms with Gasteiger partial charge >= 0.3 is 0 Å². The maximum atomic E-state index is 10.5. The monoisotopic (exact) mass is 369 g/mol. The fraction of sp³-hybridized carbons (Fsp3) is 0.400. The molecule has 5 nitrogen and oxygen atoms in total. The van der Waals surface area contributed by atoms with E-state index in [0.29, 0.717) is 24.5 Å². The minimum atomic E-state index is 0.156. The average molecular weight is 369 g/mol. The van der Waals surface area contributed by atoms with Crippen LogP contribution in [0.25, 0.3) is 16.8 Å². The molecule has 1 atom stereocenters. The molecule has 1 aromatic heterocycles. The Labute approximate surface area is 157 Å². The number of hydrogen-bond acceptors (Lipinski definition) is 5. The number of ether oxygens (including phenoxy) is 1. The predicted molar refractivity (Wildman–Crippen MR) is 105 cm³/mol. The summed E-state index contributed by atoms with van der Waals surface area (Å²) in [5, 5.41) is 19.7. The van der Waals surface area contributed by atoms with Crippen LogP contribution in [0.4, 0.5) is 0 Å². The van der Waals surface area contributed by atoms with E-state index in [2.05, 4.69) is 31.2 Å². The molecule has 1 fully saturated rings. The van der Waals surface area contributed by atoms with Gasteiger partial charge in [0.15, 0.2) is 0 Å². The van der Waals surface area contributed by atoms with E-state index in [1.165, 1.54) is 16.9 Å². The zero-order valence-corrected chi connectivity index (χ0v) is 15.9. The third-order valence-electron chi connectivity index (χ3n) is 4.97. The molecule has 0 radical (unpaired) electrons. The van der Waals surface area contributed by atoms with Gasteiger partial charge in [0.25, 0.3) is 0 Å². The zero-order chi connectivity index (χ0) is 18.3. The van der Waals surface area contributed by atoms with Crippen molar-refractivity contribution in [3.8, 4) is 11.3 Å². The number of aromatic nitrogens is 1. The summed E-state index contributed by atoms with van der Waals surface area (Å²) in [6.45, 7) is 5.92. The van der Waals surface area contributed by atoms with E-state index in [4.69, 9.17) is 15.1 Å². The van der Waals surface area contributed by atoms with Crippen LogP contribution in [-0.2, 0) is 4.74 Å². The Morgan fingerprint density at radius 3 is 2.77 bits per heavy atom. The van der Waals surface area contributed by atoms with E-state index in [1.54, 1.807) is 0 Å². The summed E-state index contributed by atoms with van der Waals surface area (Å²) in [6.07, 6.45) is 2.25. The summed E-state index contributed by atoms with van der Waals surface area (Å²) in [6, 6.07) is 8.29. The van der Waals surface area contributed by atoms with Crippen LogP contribution in [0.5, 0.6) is 0 Å². The van der Waals surface area contributed by atoms with Crippen molar-refractivity contribution in [2.45, 2.75) is 32.8 Å². The van der Waals surface area contributed by atoms with E-state index in [1.807, 2.05) is 11.8 Å². The number of aliphatic hydroxyl groups excluding tert-OH is 1. The third-order valence-corrected chi connectivity index (χ3v) is 5.95. The Hall–Kier alpha value is -2.18. The van der Waals surface area contributed by atoms with E-state index >= 15 is 0 Å². The molecule has 3 heterocycles. The first-order valence-electron chi connectivity index (χ1n) is 8.95. The molecule has 4 rings (SSSR count). The third kappa shape index (κ3) is 3.15. The highest BCUT2D eigenvalue weighted by molar-refractivity contribution is 7.13. The molecule has 2 aliphatic heterocycles. The first-order valence-corrected chi connectivity index (χ1v) is 9.77. The van der Waals surface area contributed by atoms with Crippen molar-refractivity contribution in [3.05, 3.63) is 45.5 Å². The Kier molecular flexibility index (Phi) is 4.54. The summed E-state index contributed by atoms with van der Waals surface area (Å²) < 4.78 is 5.68. The SMILES string of the molecule is Cc1ccc(-c2nc(C3=C(O)CN(CC4CCCO4)C3=N)sc2C)cc1. The molecule has 2 N–H and O–H groups in total. The summed E-state index contributed by atoms with van der Waals surface area (Å²) in [7, 11) is 0. The summed E-state index contributed by atoms with van der Waals surface area (Å²) in [4.78, 5) is 7.74. The van der Waals surface area contributed by atoms with Gasteiger partial charge in [-0.2, -0.15) is 0 Å². The average Bonchev–Trinajstić information content (AvgIpc) is 3.30. The van der Waals surface area contributed by atoms with Gasteiger partial charge in [-0.3, -0.25) is 5.41 Å². The van der Waals surface area contributed by atoms with Crippen LogP contribution in [0.2, 0.25) is 0 Å². The number of aryl methyl sites for hydroxylation is 2. The maximum Gasteiger partial charge on any atom is 0.135 e. The number of hydrogen-bond donors (Lipinski definition) is 2. The van der Waals surface area contributed by atoms with E-state index < -0.39 is 0 Å².